The molecule has 0 atom stereocenters. The molecule has 0 spiro atoms. The van der Waals surface area contributed by atoms with Crippen LogP contribution in [-0.4, -0.2) is 23.3 Å². The molecular weight excluding hydrogens is 367 g/mol. The summed E-state index contributed by atoms with van der Waals surface area (Å²) in [4.78, 5) is 11.9. The van der Waals surface area contributed by atoms with Crippen molar-refractivity contribution in [2.24, 2.45) is 0 Å². The van der Waals surface area contributed by atoms with Gasteiger partial charge in [-0.2, -0.15) is 0 Å². The van der Waals surface area contributed by atoms with Gasteiger partial charge in [0.25, 0.3) is 0 Å². The number of hydrogen-bond acceptors (Lipinski definition) is 2. The number of urea groups is 1. The van der Waals surface area contributed by atoms with Gasteiger partial charge in [-0.3, -0.25) is 0 Å². The quantitative estimate of drug-likeness (QED) is 0.548. The van der Waals surface area contributed by atoms with E-state index in [2.05, 4.69) is 33.2 Å². The minimum Gasteiger partial charge on any atom is -0.388 e. The van der Waals surface area contributed by atoms with Crippen LogP contribution in [0.3, 0.4) is 0 Å². The Bertz CT molecular complexity index is 457. The molecule has 1 aliphatic rings. The summed E-state index contributed by atoms with van der Waals surface area (Å²) in [5.74, 6) is 0. The highest BCUT2D eigenvalue weighted by Gasteiger charge is 2.28. The summed E-state index contributed by atoms with van der Waals surface area (Å²) in [5.41, 5.74) is 0.0518. The molecule has 0 bridgehead atoms. The van der Waals surface area contributed by atoms with E-state index in [1.54, 1.807) is 0 Å². The molecule has 0 saturated heterocycles. The lowest BCUT2D eigenvalue weighted by atomic mass is 9.95. The topological polar surface area (TPSA) is 61.4 Å². The summed E-state index contributed by atoms with van der Waals surface area (Å²) < 4.78 is 0.994. The third-order valence-electron chi connectivity index (χ3n) is 3.73. The number of amides is 2. The molecule has 2 amide bonds. The predicted molar refractivity (Wildman–Crippen MR) is 88.8 cm³/mol. The maximum Gasteiger partial charge on any atom is 0.319 e. The van der Waals surface area contributed by atoms with Crippen LogP contribution < -0.4 is 10.6 Å². The number of hydrogen-bond donors (Lipinski definition) is 3. The van der Waals surface area contributed by atoms with Crippen LogP contribution in [0.4, 0.5) is 10.5 Å². The second kappa shape index (κ2) is 7.26. The lowest BCUT2D eigenvalue weighted by molar-refractivity contribution is 0.0281. The average Bonchev–Trinajstić information content (AvgIpc) is 2.65. The van der Waals surface area contributed by atoms with Crippen molar-refractivity contribution in [2.75, 3.05) is 11.9 Å². The van der Waals surface area contributed by atoms with Crippen LogP contribution in [0.2, 0.25) is 0 Å². The minimum absolute atomic E-state index is 0.258. The molecule has 1 aliphatic carbocycles. The van der Waals surface area contributed by atoms with Crippen molar-refractivity contribution >= 4 is 34.3 Å². The van der Waals surface area contributed by atoms with Gasteiger partial charge >= 0.3 is 6.03 Å². The molecule has 2 rings (SSSR count). The number of rotatable bonds is 3. The van der Waals surface area contributed by atoms with Gasteiger partial charge in [-0.15, -0.1) is 0 Å². The third-order valence-corrected chi connectivity index (χ3v) is 4.68. The Hall–Kier alpha value is -0.820. The first-order valence-electron chi connectivity index (χ1n) is 7.11. The monoisotopic (exact) mass is 388 g/mol. The third kappa shape index (κ3) is 4.63. The Morgan fingerprint density at radius 2 is 1.85 bits per heavy atom. The van der Waals surface area contributed by atoms with Gasteiger partial charge in [-0.1, -0.05) is 37.8 Å². The van der Waals surface area contributed by atoms with Crippen molar-refractivity contribution < 1.29 is 9.90 Å². The van der Waals surface area contributed by atoms with E-state index in [0.717, 1.165) is 34.9 Å². The number of para-hydroxylation sites is 1. The molecular formula is C15H21IN2O2. The summed E-state index contributed by atoms with van der Waals surface area (Å²) in [7, 11) is 0. The Morgan fingerprint density at radius 3 is 2.50 bits per heavy atom. The lowest BCUT2D eigenvalue weighted by Crippen LogP contribution is -2.44. The zero-order chi connectivity index (χ0) is 14.4. The highest BCUT2D eigenvalue weighted by atomic mass is 127. The second-order valence-corrected chi connectivity index (χ2v) is 6.59. The van der Waals surface area contributed by atoms with Crippen molar-refractivity contribution in [1.29, 1.82) is 0 Å². The van der Waals surface area contributed by atoms with E-state index in [1.165, 1.54) is 12.8 Å². The van der Waals surface area contributed by atoms with E-state index in [4.69, 9.17) is 0 Å². The van der Waals surface area contributed by atoms with Gasteiger partial charge in [-0.25, -0.2) is 4.79 Å². The molecule has 0 radical (unpaired) electrons. The fourth-order valence-corrected chi connectivity index (χ4v) is 3.06. The Labute approximate surface area is 133 Å². The SMILES string of the molecule is O=C(NCC1(O)CCCCCC1)Nc1ccccc1I. The average molecular weight is 388 g/mol. The van der Waals surface area contributed by atoms with Crippen molar-refractivity contribution in [3.05, 3.63) is 27.8 Å². The Kier molecular flexibility index (Phi) is 5.65. The van der Waals surface area contributed by atoms with Crippen LogP contribution in [0.5, 0.6) is 0 Å². The van der Waals surface area contributed by atoms with Crippen LogP contribution in [-0.2, 0) is 0 Å². The first-order chi connectivity index (χ1) is 9.59. The van der Waals surface area contributed by atoms with Gasteiger partial charge in [0.05, 0.1) is 11.3 Å². The first kappa shape index (κ1) is 15.6. The maximum atomic E-state index is 11.9. The van der Waals surface area contributed by atoms with Gasteiger partial charge in [-0.05, 0) is 47.6 Å². The zero-order valence-corrected chi connectivity index (χ0v) is 13.7. The van der Waals surface area contributed by atoms with Gasteiger partial charge in [0.2, 0.25) is 0 Å². The highest BCUT2D eigenvalue weighted by Crippen LogP contribution is 2.26. The number of carbonyl (C=O) groups excluding carboxylic acids is 1. The molecule has 1 fully saturated rings. The zero-order valence-electron chi connectivity index (χ0n) is 11.5. The van der Waals surface area contributed by atoms with E-state index in [-0.39, 0.29) is 6.03 Å². The summed E-state index contributed by atoms with van der Waals surface area (Å²) in [5, 5.41) is 16.1. The minimum atomic E-state index is -0.738. The molecule has 0 aromatic heterocycles. The number of halogens is 1. The van der Waals surface area contributed by atoms with Crippen LogP contribution in [0, 0.1) is 3.57 Å². The molecule has 110 valence electrons. The fraction of sp³-hybridized carbons (Fsp3) is 0.533. The van der Waals surface area contributed by atoms with E-state index in [0.29, 0.717) is 6.54 Å². The Balaban J connectivity index is 1.84. The van der Waals surface area contributed by atoms with E-state index in [1.807, 2.05) is 24.3 Å². The first-order valence-corrected chi connectivity index (χ1v) is 8.19. The van der Waals surface area contributed by atoms with Crippen molar-refractivity contribution in [2.45, 2.75) is 44.1 Å². The number of benzene rings is 1. The van der Waals surface area contributed by atoms with Crippen molar-refractivity contribution in [1.82, 2.24) is 5.32 Å². The molecule has 0 unspecified atom stereocenters. The van der Waals surface area contributed by atoms with Gasteiger partial charge < -0.3 is 15.7 Å². The number of anilines is 1. The van der Waals surface area contributed by atoms with Crippen molar-refractivity contribution in [3.8, 4) is 0 Å². The predicted octanol–water partition coefficient (Wildman–Crippen LogP) is 3.50. The number of carbonyl (C=O) groups is 1. The molecule has 0 aliphatic heterocycles. The molecule has 20 heavy (non-hydrogen) atoms. The smallest absolute Gasteiger partial charge is 0.319 e. The van der Waals surface area contributed by atoms with Crippen LogP contribution in [0.15, 0.2) is 24.3 Å². The molecule has 1 aromatic carbocycles. The standard InChI is InChI=1S/C15H21IN2O2/c16-12-7-3-4-8-13(12)18-14(19)17-11-15(20)9-5-1-2-6-10-15/h3-4,7-8,20H,1-2,5-6,9-11H2,(H2,17,18,19). The van der Waals surface area contributed by atoms with Crippen LogP contribution in [0.25, 0.3) is 0 Å². The summed E-state index contributed by atoms with van der Waals surface area (Å²) in [6, 6.07) is 7.36. The van der Waals surface area contributed by atoms with Gasteiger partial charge in [0, 0.05) is 10.1 Å². The van der Waals surface area contributed by atoms with E-state index < -0.39 is 5.60 Å². The fourth-order valence-electron chi connectivity index (χ4n) is 2.54. The molecule has 0 heterocycles. The number of aliphatic hydroxyl groups is 1. The lowest BCUT2D eigenvalue weighted by Gasteiger charge is -2.26. The summed E-state index contributed by atoms with van der Waals surface area (Å²) in [6.07, 6.45) is 5.98. The van der Waals surface area contributed by atoms with Crippen molar-refractivity contribution in [3.63, 3.8) is 0 Å². The molecule has 3 N–H and O–H groups in total. The van der Waals surface area contributed by atoms with Crippen LogP contribution >= 0.6 is 22.6 Å². The second-order valence-electron chi connectivity index (χ2n) is 5.43. The maximum absolute atomic E-state index is 11.9. The normalized spacial score (nSPS) is 18.1. The van der Waals surface area contributed by atoms with E-state index in [9.17, 15) is 9.90 Å². The van der Waals surface area contributed by atoms with Crippen LogP contribution in [0.1, 0.15) is 38.5 Å². The molecule has 1 aromatic rings. The largest absolute Gasteiger partial charge is 0.388 e. The molecule has 1 saturated carbocycles. The molecule has 4 nitrogen and oxygen atoms in total. The summed E-state index contributed by atoms with van der Waals surface area (Å²) in [6.45, 7) is 0.322. The highest BCUT2D eigenvalue weighted by molar-refractivity contribution is 14.1. The van der Waals surface area contributed by atoms with Gasteiger partial charge in [0.15, 0.2) is 0 Å². The number of nitrogens with one attached hydrogen (secondary N) is 2. The Morgan fingerprint density at radius 1 is 1.20 bits per heavy atom. The molecule has 5 heteroatoms. The van der Waals surface area contributed by atoms with E-state index >= 15 is 0 Å². The van der Waals surface area contributed by atoms with Gasteiger partial charge in [0.1, 0.15) is 0 Å². The summed E-state index contributed by atoms with van der Waals surface area (Å²) >= 11 is 2.18.